The second-order valence-corrected chi connectivity index (χ2v) is 26.7. The molecule has 8 aromatic carbocycles. The molecule has 5 heterocycles. The number of hydrogen-bond donors (Lipinski definition) is 7. The number of aromatic nitrogens is 1. The van der Waals surface area contributed by atoms with E-state index in [-0.39, 0.29) is 154 Å². The zero-order valence-electron chi connectivity index (χ0n) is 61.1. The summed E-state index contributed by atoms with van der Waals surface area (Å²) in [6.07, 6.45) is 5.56. The van der Waals surface area contributed by atoms with Gasteiger partial charge in [-0.05, 0) is 74.2 Å². The van der Waals surface area contributed by atoms with E-state index in [0.717, 1.165) is 16.7 Å². The molecule has 7 amide bonds. The largest absolute Gasteiger partial charge is 0.453 e. The van der Waals surface area contributed by atoms with E-state index in [1.165, 1.54) is 12.4 Å². The van der Waals surface area contributed by atoms with Crippen molar-refractivity contribution < 1.29 is 71.5 Å². The molecule has 8 bridgehead atoms. The predicted molar refractivity (Wildman–Crippen MR) is 406 cm³/mol. The van der Waals surface area contributed by atoms with Crippen LogP contribution < -0.4 is 75.1 Å². The maximum absolute atomic E-state index is 14.0. The van der Waals surface area contributed by atoms with Crippen LogP contribution in [0.2, 0.25) is 0 Å². The molecule has 7 N–H and O–H groups in total. The second kappa shape index (κ2) is 30.0. The molecule has 4 atom stereocenters. The Balaban J connectivity index is 1.13. The van der Waals surface area contributed by atoms with E-state index in [4.69, 9.17) is 37.9 Å². The van der Waals surface area contributed by atoms with Crippen LogP contribution in [0.15, 0.2) is 128 Å². The van der Waals surface area contributed by atoms with Gasteiger partial charge in [-0.15, -0.1) is 0 Å². The van der Waals surface area contributed by atoms with Gasteiger partial charge in [-0.25, -0.2) is 0 Å². The van der Waals surface area contributed by atoms with Crippen molar-refractivity contribution >= 4 is 81.2 Å². The van der Waals surface area contributed by atoms with E-state index in [1.807, 2.05) is 24.3 Å². The van der Waals surface area contributed by atoms with Gasteiger partial charge in [-0.3, -0.25) is 38.5 Å². The maximum Gasteiger partial charge on any atom is 0.255 e. The van der Waals surface area contributed by atoms with Crippen molar-refractivity contribution in [1.82, 2.24) is 4.98 Å². The quantitative estimate of drug-likeness (QED) is 0.0420. The summed E-state index contributed by atoms with van der Waals surface area (Å²) >= 11 is 0. The Morgan fingerprint density at radius 1 is 0.262 bits per heavy atom. The third-order valence-electron chi connectivity index (χ3n) is 19.9. The van der Waals surface area contributed by atoms with Crippen molar-refractivity contribution in [3.8, 4) is 92.0 Å². The number of ether oxygens (including phenoxy) is 8. The zero-order chi connectivity index (χ0) is 75.1. The van der Waals surface area contributed by atoms with Crippen molar-refractivity contribution in [3.05, 3.63) is 178 Å². The Bertz CT molecular complexity index is 5150. The topological polar surface area (TPSA) is 290 Å². The number of hydrogen-bond acceptors (Lipinski definition) is 16. The molecule has 4 unspecified atom stereocenters. The summed E-state index contributed by atoms with van der Waals surface area (Å²) in [5, 5.41) is 21.0. The lowest BCUT2D eigenvalue weighted by molar-refractivity contribution is -0.116. The standard InChI is InChI=1S/C84H82N8O15/c1-11-44-48-28-50-45(12-2)52-30-54-47(14-4)55-31-53-46(13-3)51-29-49(44)64-39-66(51)103-74-34-58(89-80(95)17-7)59(90-81(96)18-8)35-75(74)105-68(53)41-70(55)107-77-37-61(92-83(98)20-10)60(91-82(97)19-9)36-76(77)106-69(54)40-67(52)104-73-33-57(88-79(94)16-6)56(87-78(93)15-5)32-72(73)102-65(50)38-63(48)100-62-22-21-43(27-71(62)101-64)86-84(99)42-23-25-85-26-24-42/h21-41,44-47H,11-20H2,1-10H3,(H,86,99)(H,87,93)(H,88,94)(H,89,95)(H,90,96)(H,91,97)(H,92,98). The van der Waals surface area contributed by atoms with Crippen LogP contribution in [-0.4, -0.2) is 46.3 Å². The van der Waals surface area contributed by atoms with Gasteiger partial charge >= 0.3 is 0 Å². The molecule has 1 aliphatic carbocycles. The minimum atomic E-state index is -0.576. The number of fused-ring (bicyclic) bond motifs is 4. The third kappa shape index (κ3) is 14.0. The van der Waals surface area contributed by atoms with E-state index in [9.17, 15) is 33.6 Å². The first-order chi connectivity index (χ1) is 51.8. The number of nitrogens with zero attached hydrogens (tertiary/aromatic N) is 1. The molecule has 548 valence electrons. The van der Waals surface area contributed by atoms with E-state index in [0.29, 0.717) is 111 Å². The Morgan fingerprint density at radius 3 is 0.710 bits per heavy atom. The number of benzene rings is 8. The fourth-order valence-electron chi connectivity index (χ4n) is 14.3. The highest BCUT2D eigenvalue weighted by atomic mass is 16.5. The normalized spacial score (nSPS) is 15.5. The van der Waals surface area contributed by atoms with Crippen molar-refractivity contribution in [2.45, 2.75) is 157 Å². The summed E-state index contributed by atoms with van der Waals surface area (Å²) in [5.74, 6) is -0.584. The highest BCUT2D eigenvalue weighted by Crippen LogP contribution is 2.60. The van der Waals surface area contributed by atoms with E-state index in [2.05, 4.69) is 94.2 Å². The molecule has 107 heavy (non-hydrogen) atoms. The van der Waals surface area contributed by atoms with Crippen LogP contribution in [-0.2, 0) is 28.8 Å². The zero-order valence-corrected chi connectivity index (χ0v) is 61.1. The molecule has 0 spiro atoms. The molecule has 0 fully saturated rings. The highest BCUT2D eigenvalue weighted by molar-refractivity contribution is 6.05. The molecule has 23 heteroatoms. The predicted octanol–water partition coefficient (Wildman–Crippen LogP) is 20.5. The van der Waals surface area contributed by atoms with Gasteiger partial charge in [0.15, 0.2) is 46.0 Å². The van der Waals surface area contributed by atoms with Crippen LogP contribution in [0, 0.1) is 0 Å². The summed E-state index contributed by atoms with van der Waals surface area (Å²) in [6.45, 7) is 18.7. The summed E-state index contributed by atoms with van der Waals surface area (Å²) in [7, 11) is 0. The molecular formula is C84H82N8O15. The van der Waals surface area contributed by atoms with Crippen molar-refractivity contribution in [2.24, 2.45) is 0 Å². The van der Waals surface area contributed by atoms with Crippen LogP contribution in [0.25, 0.3) is 0 Å². The molecule has 23 nitrogen and oxygen atoms in total. The lowest BCUT2D eigenvalue weighted by Crippen LogP contribution is -2.15. The summed E-state index contributed by atoms with van der Waals surface area (Å²) in [4.78, 5) is 99.5. The van der Waals surface area contributed by atoms with Gasteiger partial charge in [-0.2, -0.15) is 0 Å². The van der Waals surface area contributed by atoms with Crippen LogP contribution in [0.5, 0.6) is 92.0 Å². The number of rotatable bonds is 18. The minimum Gasteiger partial charge on any atom is -0.453 e. The lowest BCUT2D eigenvalue weighted by atomic mass is 9.77. The number of carbonyl (C=O) groups is 7. The summed E-state index contributed by atoms with van der Waals surface area (Å²) in [6, 6.07) is 34.0. The number of amides is 7. The molecule has 9 aromatic rings. The monoisotopic (exact) mass is 1440 g/mol. The van der Waals surface area contributed by atoms with Gasteiger partial charge in [0.25, 0.3) is 5.91 Å². The first-order valence-electron chi connectivity index (χ1n) is 36.7. The highest BCUT2D eigenvalue weighted by Gasteiger charge is 2.39. The number of anilines is 7. The van der Waals surface area contributed by atoms with Gasteiger partial charge in [0.05, 0.1) is 34.1 Å². The van der Waals surface area contributed by atoms with Gasteiger partial charge in [0.2, 0.25) is 35.4 Å². The molecule has 0 saturated carbocycles. The molecular weight excluding hydrogens is 1360 g/mol. The fraction of sp³-hybridized carbons (Fsp3) is 0.286. The number of carbonyl (C=O) groups excluding carboxylic acids is 7. The third-order valence-corrected chi connectivity index (χ3v) is 19.9. The molecule has 0 radical (unpaired) electrons. The van der Waals surface area contributed by atoms with E-state index >= 15 is 0 Å². The molecule has 14 rings (SSSR count). The van der Waals surface area contributed by atoms with Gasteiger partial charge < -0.3 is 75.1 Å². The molecule has 1 aromatic heterocycles. The average molecular weight is 1440 g/mol. The van der Waals surface area contributed by atoms with Crippen molar-refractivity contribution in [3.63, 3.8) is 0 Å². The summed E-state index contributed by atoms with van der Waals surface area (Å²) < 4.78 is 58.9. The molecule has 5 aliphatic rings. The van der Waals surface area contributed by atoms with Crippen LogP contribution in [0.3, 0.4) is 0 Å². The van der Waals surface area contributed by atoms with Crippen molar-refractivity contribution in [1.29, 1.82) is 0 Å². The summed E-state index contributed by atoms with van der Waals surface area (Å²) in [5.41, 5.74) is 7.88. The van der Waals surface area contributed by atoms with E-state index in [1.54, 1.807) is 108 Å². The smallest absolute Gasteiger partial charge is 0.255 e. The minimum absolute atomic E-state index is 0.106. The van der Waals surface area contributed by atoms with Crippen LogP contribution in [0.1, 0.15) is 212 Å². The average Bonchev–Trinajstić information content (AvgIpc) is 1.66. The van der Waals surface area contributed by atoms with Crippen molar-refractivity contribution in [2.75, 3.05) is 37.2 Å². The second-order valence-electron chi connectivity index (χ2n) is 26.7. The fourth-order valence-corrected chi connectivity index (χ4v) is 14.3. The molecule has 0 saturated heterocycles. The van der Waals surface area contributed by atoms with Gasteiger partial charge in [-0.1, -0.05) is 69.2 Å². The first kappa shape index (κ1) is 71.6. The first-order valence-corrected chi connectivity index (χ1v) is 36.7. The van der Waals surface area contributed by atoms with Gasteiger partial charge in [0.1, 0.15) is 46.0 Å². The van der Waals surface area contributed by atoms with E-state index < -0.39 is 29.6 Å². The van der Waals surface area contributed by atoms with Crippen LogP contribution >= 0.6 is 0 Å². The van der Waals surface area contributed by atoms with Crippen LogP contribution in [0.4, 0.5) is 39.8 Å². The molecule has 4 aliphatic heterocycles. The SMILES string of the molecule is CCC(=O)Nc1cc2c(cc1NC(=O)CC)Oc1cc3c4cc1C(CC)c1cc5c(cc1O2)Oc1ccc(NC(=O)c2ccncc2)cc1Oc1cc2c(cc1C5CC)C(CC)c1cc(c(cc1Oc1cc(NC(=O)CC)c(NC(=O)CC)cc1O2)Oc1cc(NC(=O)CC)c(NC(=O)CC)cc1O3)C4CC. The Kier molecular flexibility index (Phi) is 20.1. The Hall–Kier alpha value is -12.4. The number of pyridine rings is 1. The Morgan fingerprint density at radius 2 is 0.486 bits per heavy atom. The Labute approximate surface area is 618 Å². The number of nitrogens with one attached hydrogen (secondary N) is 7. The lowest BCUT2D eigenvalue weighted by Gasteiger charge is -2.29. The van der Waals surface area contributed by atoms with Gasteiger partial charge in [0, 0.05) is 197 Å². The maximum atomic E-state index is 14.0.